The third-order valence-electron chi connectivity index (χ3n) is 4.38. The molecule has 0 bridgehead atoms. The Morgan fingerprint density at radius 1 is 1.07 bits per heavy atom. The lowest BCUT2D eigenvalue weighted by Crippen LogP contribution is -2.49. The fourth-order valence-corrected chi connectivity index (χ4v) is 2.90. The highest BCUT2D eigenvalue weighted by Gasteiger charge is 2.41. The van der Waals surface area contributed by atoms with E-state index in [9.17, 15) is 22.8 Å². The summed E-state index contributed by atoms with van der Waals surface area (Å²) in [7, 11) is 0. The molecular formula is C20H18F3N3O2. The number of carbonyl (C=O) groups excluding carboxylic acids is 2. The molecule has 1 heterocycles. The van der Waals surface area contributed by atoms with E-state index in [1.54, 1.807) is 49.5 Å². The summed E-state index contributed by atoms with van der Waals surface area (Å²) in [6.07, 6.45) is -3.55. The van der Waals surface area contributed by atoms with E-state index in [4.69, 9.17) is 0 Å². The molecule has 0 aliphatic rings. The zero-order valence-electron chi connectivity index (χ0n) is 14.9. The number of anilines is 1. The highest BCUT2D eigenvalue weighted by molar-refractivity contribution is 5.99. The lowest BCUT2D eigenvalue weighted by atomic mass is 10.0. The summed E-state index contributed by atoms with van der Waals surface area (Å²) in [4.78, 5) is 27.2. The van der Waals surface area contributed by atoms with Crippen molar-refractivity contribution in [3.05, 3.63) is 65.9 Å². The van der Waals surface area contributed by atoms with Crippen molar-refractivity contribution in [3.63, 3.8) is 0 Å². The quantitative estimate of drug-likeness (QED) is 0.623. The number of H-pyrrole nitrogens is 1. The smallest absolute Gasteiger partial charge is 0.361 e. The van der Waals surface area contributed by atoms with Crippen molar-refractivity contribution in [2.24, 2.45) is 0 Å². The van der Waals surface area contributed by atoms with Crippen LogP contribution in [0.3, 0.4) is 0 Å². The van der Waals surface area contributed by atoms with Crippen LogP contribution >= 0.6 is 0 Å². The Bertz CT molecular complexity index is 1010. The van der Waals surface area contributed by atoms with E-state index < -0.39 is 24.0 Å². The van der Waals surface area contributed by atoms with Crippen LogP contribution in [0.4, 0.5) is 18.9 Å². The lowest BCUT2D eigenvalue weighted by molar-refractivity contribution is -0.174. The van der Waals surface area contributed by atoms with E-state index in [1.165, 1.54) is 0 Å². The molecule has 3 aromatic rings. The number of aryl methyl sites for hydroxylation is 1. The molecule has 0 spiro atoms. The SMILES string of the molecule is Cc1ccccc1NC(=O)C(Cc1c[nH]c2ccccc12)NC(=O)C(F)(F)F. The average Bonchev–Trinajstić information content (AvgIpc) is 3.05. The molecule has 5 nitrogen and oxygen atoms in total. The Kier molecular flexibility index (Phi) is 5.39. The molecule has 0 aliphatic heterocycles. The van der Waals surface area contributed by atoms with Crippen LogP contribution in [0.5, 0.6) is 0 Å². The normalized spacial score (nSPS) is 12.6. The molecule has 1 unspecified atom stereocenters. The summed E-state index contributed by atoms with van der Waals surface area (Å²) in [6.45, 7) is 1.76. The fraction of sp³-hybridized carbons (Fsp3) is 0.200. The predicted octanol–water partition coefficient (Wildman–Crippen LogP) is 3.70. The van der Waals surface area contributed by atoms with Gasteiger partial charge in [0.25, 0.3) is 0 Å². The Morgan fingerprint density at radius 3 is 2.46 bits per heavy atom. The maximum Gasteiger partial charge on any atom is 0.471 e. The summed E-state index contributed by atoms with van der Waals surface area (Å²) in [5.74, 6) is -2.88. The molecule has 0 radical (unpaired) electrons. The van der Waals surface area contributed by atoms with Gasteiger partial charge in [0, 0.05) is 29.2 Å². The van der Waals surface area contributed by atoms with Crippen molar-refractivity contribution in [2.75, 3.05) is 5.32 Å². The number of hydrogen-bond donors (Lipinski definition) is 3. The monoisotopic (exact) mass is 389 g/mol. The van der Waals surface area contributed by atoms with Gasteiger partial charge < -0.3 is 15.6 Å². The van der Waals surface area contributed by atoms with Gasteiger partial charge in [-0.3, -0.25) is 9.59 Å². The largest absolute Gasteiger partial charge is 0.471 e. The Morgan fingerprint density at radius 2 is 1.75 bits per heavy atom. The van der Waals surface area contributed by atoms with Crippen LogP contribution < -0.4 is 10.6 Å². The number of rotatable bonds is 5. The van der Waals surface area contributed by atoms with Crippen LogP contribution in [-0.2, 0) is 16.0 Å². The van der Waals surface area contributed by atoms with Gasteiger partial charge in [-0.05, 0) is 30.2 Å². The van der Waals surface area contributed by atoms with Crippen molar-refractivity contribution in [1.29, 1.82) is 0 Å². The summed E-state index contributed by atoms with van der Waals surface area (Å²) in [5.41, 5.74) is 2.64. The number of carbonyl (C=O) groups is 2. The Balaban J connectivity index is 1.87. The Labute approximate surface area is 158 Å². The third-order valence-corrected chi connectivity index (χ3v) is 4.38. The van der Waals surface area contributed by atoms with E-state index in [2.05, 4.69) is 10.3 Å². The highest BCUT2D eigenvalue weighted by atomic mass is 19.4. The van der Waals surface area contributed by atoms with Gasteiger partial charge in [0.2, 0.25) is 5.91 Å². The number of amides is 2. The first-order chi connectivity index (χ1) is 13.3. The maximum atomic E-state index is 12.7. The molecule has 0 saturated carbocycles. The van der Waals surface area contributed by atoms with Gasteiger partial charge >= 0.3 is 12.1 Å². The molecular weight excluding hydrogens is 371 g/mol. The average molecular weight is 389 g/mol. The molecule has 8 heteroatoms. The lowest BCUT2D eigenvalue weighted by Gasteiger charge is -2.20. The van der Waals surface area contributed by atoms with Gasteiger partial charge in [-0.15, -0.1) is 0 Å². The summed E-state index contributed by atoms with van der Waals surface area (Å²) >= 11 is 0. The third kappa shape index (κ3) is 4.33. The van der Waals surface area contributed by atoms with Crippen molar-refractivity contribution < 1.29 is 22.8 Å². The second-order valence-corrected chi connectivity index (χ2v) is 6.39. The van der Waals surface area contributed by atoms with Gasteiger partial charge in [0.1, 0.15) is 6.04 Å². The molecule has 146 valence electrons. The van der Waals surface area contributed by atoms with Crippen LogP contribution in [0.2, 0.25) is 0 Å². The van der Waals surface area contributed by atoms with Crippen molar-refractivity contribution in [2.45, 2.75) is 25.6 Å². The van der Waals surface area contributed by atoms with Crippen molar-refractivity contribution in [3.8, 4) is 0 Å². The van der Waals surface area contributed by atoms with E-state index in [1.807, 2.05) is 17.4 Å². The van der Waals surface area contributed by atoms with Crippen molar-refractivity contribution >= 4 is 28.4 Å². The van der Waals surface area contributed by atoms with Gasteiger partial charge in [-0.25, -0.2) is 0 Å². The number of aromatic nitrogens is 1. The molecule has 2 amide bonds. The number of nitrogens with one attached hydrogen (secondary N) is 3. The molecule has 28 heavy (non-hydrogen) atoms. The van der Waals surface area contributed by atoms with Gasteiger partial charge in [-0.1, -0.05) is 36.4 Å². The second kappa shape index (κ2) is 7.75. The highest BCUT2D eigenvalue weighted by Crippen LogP contribution is 2.21. The molecule has 1 aromatic heterocycles. The fourth-order valence-electron chi connectivity index (χ4n) is 2.90. The van der Waals surface area contributed by atoms with Crippen LogP contribution in [0.1, 0.15) is 11.1 Å². The predicted molar refractivity (Wildman–Crippen MR) is 99.8 cm³/mol. The van der Waals surface area contributed by atoms with Crippen molar-refractivity contribution in [1.82, 2.24) is 10.3 Å². The van der Waals surface area contributed by atoms with Gasteiger partial charge in [0.05, 0.1) is 0 Å². The molecule has 3 N–H and O–H groups in total. The standard InChI is InChI=1S/C20H18F3N3O2/c1-12-6-2-4-8-15(12)25-18(27)17(26-19(28)20(21,22)23)10-13-11-24-16-9-5-3-7-14(13)16/h2-9,11,17,24H,10H2,1H3,(H,25,27)(H,26,28). The summed E-state index contributed by atoms with van der Waals surface area (Å²) in [5, 5.41) is 5.18. The molecule has 3 rings (SSSR count). The van der Waals surface area contributed by atoms with Crippen LogP contribution in [0, 0.1) is 6.92 Å². The van der Waals surface area contributed by atoms with E-state index in [0.717, 1.165) is 16.5 Å². The number of para-hydroxylation sites is 2. The number of aromatic amines is 1. The second-order valence-electron chi connectivity index (χ2n) is 6.39. The maximum absolute atomic E-state index is 12.7. The topological polar surface area (TPSA) is 74.0 Å². The number of hydrogen-bond acceptors (Lipinski definition) is 2. The first-order valence-corrected chi connectivity index (χ1v) is 8.55. The molecule has 0 fully saturated rings. The summed E-state index contributed by atoms with van der Waals surface area (Å²) in [6, 6.07) is 12.7. The minimum Gasteiger partial charge on any atom is -0.361 e. The number of fused-ring (bicyclic) bond motifs is 1. The molecule has 0 saturated heterocycles. The number of alkyl halides is 3. The van der Waals surface area contributed by atoms with E-state index in [0.29, 0.717) is 11.3 Å². The van der Waals surface area contributed by atoms with E-state index >= 15 is 0 Å². The minimum absolute atomic E-state index is 0.0937. The number of halogens is 3. The van der Waals surface area contributed by atoms with E-state index in [-0.39, 0.29) is 6.42 Å². The number of benzene rings is 2. The van der Waals surface area contributed by atoms with Gasteiger partial charge in [-0.2, -0.15) is 13.2 Å². The molecule has 0 aliphatic carbocycles. The molecule has 2 aromatic carbocycles. The first-order valence-electron chi connectivity index (χ1n) is 8.55. The summed E-state index contributed by atoms with van der Waals surface area (Å²) < 4.78 is 38.2. The van der Waals surface area contributed by atoms with Crippen LogP contribution in [-0.4, -0.2) is 29.0 Å². The molecule has 1 atom stereocenters. The van der Waals surface area contributed by atoms with Crippen LogP contribution in [0.15, 0.2) is 54.7 Å². The zero-order chi connectivity index (χ0) is 20.3. The zero-order valence-corrected chi connectivity index (χ0v) is 14.9. The first kappa shape index (κ1) is 19.5. The Hall–Kier alpha value is -3.29. The van der Waals surface area contributed by atoms with Gasteiger partial charge in [0.15, 0.2) is 0 Å². The minimum atomic E-state index is -5.08. The van der Waals surface area contributed by atoms with Crippen LogP contribution in [0.25, 0.3) is 10.9 Å².